The van der Waals surface area contributed by atoms with E-state index in [1.54, 1.807) is 0 Å². The minimum absolute atomic E-state index is 0.531. The fourth-order valence-corrected chi connectivity index (χ4v) is 4.52. The highest BCUT2D eigenvalue weighted by Gasteiger charge is 2.30. The summed E-state index contributed by atoms with van der Waals surface area (Å²) >= 11 is 0. The quantitative estimate of drug-likeness (QED) is 0.367. The first kappa shape index (κ1) is 42.2. The van der Waals surface area contributed by atoms with Gasteiger partial charge in [-0.3, -0.25) is 9.80 Å². The molecule has 4 heterocycles. The van der Waals surface area contributed by atoms with Gasteiger partial charge in [-0.25, -0.2) is 0 Å². The SMILES string of the molecule is CC.CC.CC.CC.CC.CCN1CC(OC2CCN(C)CC2)C1.CCN1CC(OC2CCN(C)CC2)C1. The Balaban J connectivity index is -0.000000486. The number of hydrogen-bond acceptors (Lipinski definition) is 6. The molecule has 4 aliphatic heterocycles. The highest BCUT2D eigenvalue weighted by molar-refractivity contribution is 4.83. The van der Waals surface area contributed by atoms with Gasteiger partial charge in [0.25, 0.3) is 0 Å². The highest BCUT2D eigenvalue weighted by atomic mass is 16.5. The van der Waals surface area contributed by atoms with E-state index in [9.17, 15) is 0 Å². The Kier molecular flexibility index (Phi) is 33.0. The number of rotatable bonds is 6. The van der Waals surface area contributed by atoms with Crippen LogP contribution in [0.2, 0.25) is 0 Å². The van der Waals surface area contributed by atoms with Gasteiger partial charge in [-0.15, -0.1) is 0 Å². The van der Waals surface area contributed by atoms with E-state index in [-0.39, 0.29) is 0 Å². The second-order valence-corrected chi connectivity index (χ2v) is 9.23. The van der Waals surface area contributed by atoms with Crippen LogP contribution >= 0.6 is 0 Å². The molecule has 0 atom stereocenters. The zero-order valence-corrected chi connectivity index (χ0v) is 28.8. The molecule has 6 heteroatoms. The topological polar surface area (TPSA) is 31.4 Å². The minimum Gasteiger partial charge on any atom is -0.372 e. The molecule has 0 saturated carbocycles. The molecule has 0 radical (unpaired) electrons. The van der Waals surface area contributed by atoms with Gasteiger partial charge in [-0.1, -0.05) is 83.1 Å². The predicted octanol–water partition coefficient (Wildman–Crippen LogP) is 6.73. The average molecular weight is 547 g/mol. The number of ether oxygens (including phenoxy) is 2. The summed E-state index contributed by atoms with van der Waals surface area (Å²) in [7, 11) is 4.39. The maximum absolute atomic E-state index is 6.04. The molecular formula is C32H74N4O2. The number of likely N-dealkylation sites (N-methyl/N-ethyl adjacent to an activating group) is 2. The normalized spacial score (nSPS) is 21.3. The van der Waals surface area contributed by atoms with Crippen LogP contribution in [-0.2, 0) is 9.47 Å². The van der Waals surface area contributed by atoms with E-state index in [1.165, 1.54) is 65.0 Å². The maximum atomic E-state index is 6.04. The average Bonchev–Trinajstić information content (AvgIpc) is 2.96. The molecule has 234 valence electrons. The fraction of sp³-hybridized carbons (Fsp3) is 1.00. The summed E-state index contributed by atoms with van der Waals surface area (Å²) in [5, 5.41) is 0. The summed E-state index contributed by atoms with van der Waals surface area (Å²) in [5.74, 6) is 0. The van der Waals surface area contributed by atoms with Crippen molar-refractivity contribution in [3.05, 3.63) is 0 Å². The van der Waals surface area contributed by atoms with Crippen LogP contribution in [0.5, 0.6) is 0 Å². The zero-order valence-electron chi connectivity index (χ0n) is 28.8. The fourth-order valence-electron chi connectivity index (χ4n) is 4.52. The Hall–Kier alpha value is -0.240. The summed E-state index contributed by atoms with van der Waals surface area (Å²) in [6, 6.07) is 0. The maximum Gasteiger partial charge on any atom is 0.0832 e. The smallest absolute Gasteiger partial charge is 0.0832 e. The molecule has 0 amide bonds. The Labute approximate surface area is 241 Å². The van der Waals surface area contributed by atoms with Gasteiger partial charge < -0.3 is 19.3 Å². The largest absolute Gasteiger partial charge is 0.372 e. The minimum atomic E-state index is 0.531. The molecule has 0 aromatic rings. The molecule has 4 aliphatic rings. The van der Waals surface area contributed by atoms with Gasteiger partial charge >= 0.3 is 0 Å². The van der Waals surface area contributed by atoms with Crippen molar-refractivity contribution >= 4 is 0 Å². The second-order valence-electron chi connectivity index (χ2n) is 9.23. The number of piperidine rings is 2. The highest BCUT2D eigenvalue weighted by Crippen LogP contribution is 2.20. The lowest BCUT2D eigenvalue weighted by Crippen LogP contribution is -2.53. The van der Waals surface area contributed by atoms with Gasteiger partial charge in [0.05, 0.1) is 24.4 Å². The van der Waals surface area contributed by atoms with Crippen molar-refractivity contribution in [1.29, 1.82) is 0 Å². The molecule has 4 saturated heterocycles. The molecule has 0 aromatic carbocycles. The van der Waals surface area contributed by atoms with Crippen molar-refractivity contribution in [3.63, 3.8) is 0 Å². The summed E-state index contributed by atoms with van der Waals surface area (Å²) < 4.78 is 12.1. The zero-order chi connectivity index (χ0) is 29.9. The van der Waals surface area contributed by atoms with Gasteiger partial charge in [0, 0.05) is 52.4 Å². The third kappa shape index (κ3) is 18.9. The van der Waals surface area contributed by atoms with Gasteiger partial charge in [-0.2, -0.15) is 0 Å². The molecule has 0 spiro atoms. The van der Waals surface area contributed by atoms with Crippen LogP contribution in [0.1, 0.15) is 109 Å². The number of likely N-dealkylation sites (tertiary alicyclic amines) is 4. The van der Waals surface area contributed by atoms with E-state index in [0.29, 0.717) is 24.4 Å². The lowest BCUT2D eigenvalue weighted by atomic mass is 10.1. The summed E-state index contributed by atoms with van der Waals surface area (Å²) in [5.41, 5.74) is 0. The number of hydrogen-bond donors (Lipinski definition) is 0. The van der Waals surface area contributed by atoms with Crippen LogP contribution in [0, 0.1) is 0 Å². The van der Waals surface area contributed by atoms with Gasteiger partial charge in [0.2, 0.25) is 0 Å². The van der Waals surface area contributed by atoms with Crippen LogP contribution < -0.4 is 0 Å². The monoisotopic (exact) mass is 547 g/mol. The third-order valence-electron chi connectivity index (χ3n) is 6.84. The third-order valence-corrected chi connectivity index (χ3v) is 6.84. The van der Waals surface area contributed by atoms with Crippen LogP contribution in [0.3, 0.4) is 0 Å². The first-order valence-corrected chi connectivity index (χ1v) is 16.7. The molecule has 0 N–H and O–H groups in total. The molecule has 6 nitrogen and oxygen atoms in total. The molecule has 4 rings (SSSR count). The van der Waals surface area contributed by atoms with Crippen LogP contribution in [0.15, 0.2) is 0 Å². The molecule has 4 fully saturated rings. The van der Waals surface area contributed by atoms with E-state index < -0.39 is 0 Å². The van der Waals surface area contributed by atoms with E-state index >= 15 is 0 Å². The van der Waals surface area contributed by atoms with E-state index in [2.05, 4.69) is 47.5 Å². The molecular weight excluding hydrogens is 472 g/mol. The molecule has 0 aromatic heterocycles. The van der Waals surface area contributed by atoms with Crippen LogP contribution in [0.4, 0.5) is 0 Å². The van der Waals surface area contributed by atoms with Crippen molar-refractivity contribution in [1.82, 2.24) is 19.6 Å². The summed E-state index contributed by atoms with van der Waals surface area (Å²) in [6.45, 7) is 36.2. The summed E-state index contributed by atoms with van der Waals surface area (Å²) in [4.78, 5) is 9.64. The lowest BCUT2D eigenvalue weighted by molar-refractivity contribution is -0.104. The van der Waals surface area contributed by atoms with Crippen LogP contribution in [-0.4, -0.2) is 124 Å². The Bertz CT molecular complexity index is 387. The molecule has 0 unspecified atom stereocenters. The van der Waals surface area contributed by atoms with Crippen molar-refractivity contribution in [2.45, 2.75) is 133 Å². The van der Waals surface area contributed by atoms with Gasteiger partial charge in [0.15, 0.2) is 0 Å². The van der Waals surface area contributed by atoms with E-state index in [4.69, 9.17) is 9.47 Å². The Morgan fingerprint density at radius 1 is 0.447 bits per heavy atom. The van der Waals surface area contributed by atoms with Crippen molar-refractivity contribution < 1.29 is 9.47 Å². The van der Waals surface area contributed by atoms with E-state index in [0.717, 1.165) is 26.2 Å². The predicted molar refractivity (Wildman–Crippen MR) is 172 cm³/mol. The molecule has 38 heavy (non-hydrogen) atoms. The first-order valence-electron chi connectivity index (χ1n) is 16.7. The van der Waals surface area contributed by atoms with Crippen molar-refractivity contribution in [3.8, 4) is 0 Å². The van der Waals surface area contributed by atoms with Crippen molar-refractivity contribution in [2.75, 3.05) is 79.5 Å². The second kappa shape index (κ2) is 29.7. The van der Waals surface area contributed by atoms with Crippen LogP contribution in [0.25, 0.3) is 0 Å². The lowest BCUT2D eigenvalue weighted by Gasteiger charge is -2.41. The Morgan fingerprint density at radius 2 is 0.684 bits per heavy atom. The molecule has 0 bridgehead atoms. The van der Waals surface area contributed by atoms with E-state index in [1.807, 2.05) is 69.2 Å². The Morgan fingerprint density at radius 3 is 0.895 bits per heavy atom. The van der Waals surface area contributed by atoms with Gasteiger partial charge in [0.1, 0.15) is 0 Å². The molecule has 0 aliphatic carbocycles. The standard InChI is InChI=1S/2C11H22N2O.5C2H6/c2*1-3-13-8-11(9-13)14-10-4-6-12(2)7-5-10;5*1-2/h2*10-11H,3-9H2,1-2H3;5*1-2H3. The first-order chi connectivity index (χ1) is 18.6. The number of nitrogens with zero attached hydrogens (tertiary/aromatic N) is 4. The van der Waals surface area contributed by atoms with Crippen molar-refractivity contribution in [2.24, 2.45) is 0 Å². The summed E-state index contributed by atoms with van der Waals surface area (Å²) in [6.07, 6.45) is 7.02. The van der Waals surface area contributed by atoms with Gasteiger partial charge in [-0.05, 0) is 52.9 Å².